The van der Waals surface area contributed by atoms with Gasteiger partial charge in [-0.3, -0.25) is 9.36 Å². The third-order valence-electron chi connectivity index (χ3n) is 4.43. The first-order valence-corrected chi connectivity index (χ1v) is 9.11. The number of rotatable bonds is 4. The van der Waals surface area contributed by atoms with E-state index >= 15 is 0 Å². The summed E-state index contributed by atoms with van der Waals surface area (Å²) in [5.74, 6) is -0.670. The van der Waals surface area contributed by atoms with Gasteiger partial charge in [-0.05, 0) is 25.0 Å². The number of fused-ring (bicyclic) bond motifs is 1. The summed E-state index contributed by atoms with van der Waals surface area (Å²) < 4.78 is 6.53. The molecule has 0 unspecified atom stereocenters. The Morgan fingerprint density at radius 3 is 2.88 bits per heavy atom. The molecule has 1 aliphatic rings. The number of oxazole rings is 1. The van der Waals surface area contributed by atoms with Crippen LogP contribution in [0.5, 0.6) is 0 Å². The Balaban J connectivity index is 1.36. The minimum Gasteiger partial charge on any atom is -0.408 e. The number of hydrogen-bond acceptors (Lipinski definition) is 6. The quantitative estimate of drug-likeness (QED) is 0.770. The van der Waals surface area contributed by atoms with Crippen LogP contribution < -0.4 is 16.0 Å². The van der Waals surface area contributed by atoms with Crippen molar-refractivity contribution in [3.63, 3.8) is 0 Å². The number of para-hydroxylation sites is 2. The van der Waals surface area contributed by atoms with Crippen LogP contribution in [0.1, 0.15) is 12.8 Å². The number of hydrogen-bond donors (Lipinski definition) is 1. The van der Waals surface area contributed by atoms with E-state index in [9.17, 15) is 9.59 Å². The van der Waals surface area contributed by atoms with Gasteiger partial charge in [-0.15, -0.1) is 11.3 Å². The van der Waals surface area contributed by atoms with Crippen molar-refractivity contribution in [2.45, 2.75) is 25.4 Å². The minimum atomic E-state index is -0.505. The van der Waals surface area contributed by atoms with Crippen molar-refractivity contribution >= 4 is 33.5 Å². The number of nitrogens with one attached hydrogen (secondary N) is 1. The molecule has 0 radical (unpaired) electrons. The maximum absolute atomic E-state index is 12.3. The standard InChI is InChI=1S/C17H18N4O3S/c22-15(11-21-13-3-1-2-4-14(13)24-17(21)23)19-12-5-8-20(9-6-12)16-18-7-10-25-16/h1-4,7,10,12H,5-6,8-9,11H2,(H,19,22). The van der Waals surface area contributed by atoms with Gasteiger partial charge in [0.2, 0.25) is 5.91 Å². The van der Waals surface area contributed by atoms with E-state index in [1.807, 2.05) is 11.4 Å². The number of amides is 1. The maximum Gasteiger partial charge on any atom is 0.420 e. The van der Waals surface area contributed by atoms with Crippen molar-refractivity contribution in [2.24, 2.45) is 0 Å². The highest BCUT2D eigenvalue weighted by Gasteiger charge is 2.22. The Kier molecular flexibility index (Phi) is 4.27. The average Bonchev–Trinajstić information content (AvgIpc) is 3.25. The molecule has 8 heteroatoms. The Hall–Kier alpha value is -2.61. The third kappa shape index (κ3) is 3.30. The van der Waals surface area contributed by atoms with E-state index in [4.69, 9.17) is 4.42 Å². The SMILES string of the molecule is O=C(Cn1c(=O)oc2ccccc21)NC1CCN(c2nccs2)CC1. The van der Waals surface area contributed by atoms with Crippen molar-refractivity contribution in [1.29, 1.82) is 0 Å². The first-order valence-electron chi connectivity index (χ1n) is 8.23. The molecule has 7 nitrogen and oxygen atoms in total. The van der Waals surface area contributed by atoms with Crippen LogP contribution in [0.15, 0.2) is 45.1 Å². The van der Waals surface area contributed by atoms with Gasteiger partial charge >= 0.3 is 5.76 Å². The van der Waals surface area contributed by atoms with E-state index < -0.39 is 5.76 Å². The first-order chi connectivity index (χ1) is 12.2. The van der Waals surface area contributed by atoms with Crippen molar-refractivity contribution in [2.75, 3.05) is 18.0 Å². The number of aromatic nitrogens is 2. The first kappa shape index (κ1) is 15.9. The smallest absolute Gasteiger partial charge is 0.408 e. The molecule has 1 N–H and O–H groups in total. The van der Waals surface area contributed by atoms with Crippen LogP contribution >= 0.6 is 11.3 Å². The van der Waals surface area contributed by atoms with Crippen molar-refractivity contribution in [1.82, 2.24) is 14.9 Å². The number of thiazole rings is 1. The van der Waals surface area contributed by atoms with Gasteiger partial charge in [0.15, 0.2) is 10.7 Å². The topological polar surface area (TPSA) is 80.4 Å². The third-order valence-corrected chi connectivity index (χ3v) is 5.26. The molecule has 1 amide bonds. The maximum atomic E-state index is 12.3. The second-order valence-electron chi connectivity index (χ2n) is 6.07. The lowest BCUT2D eigenvalue weighted by molar-refractivity contribution is -0.122. The molecular formula is C17H18N4O3S. The molecule has 4 rings (SSSR count). The van der Waals surface area contributed by atoms with Gasteiger partial charge in [0, 0.05) is 30.7 Å². The molecule has 1 aromatic carbocycles. The van der Waals surface area contributed by atoms with Gasteiger partial charge in [0.25, 0.3) is 0 Å². The van der Waals surface area contributed by atoms with Gasteiger partial charge in [0.1, 0.15) is 6.54 Å². The fourth-order valence-corrected chi connectivity index (χ4v) is 3.86. The van der Waals surface area contributed by atoms with Crippen LogP contribution in [-0.4, -0.2) is 34.6 Å². The molecule has 0 atom stereocenters. The number of carbonyl (C=O) groups excluding carboxylic acids is 1. The van der Waals surface area contributed by atoms with Crippen LogP contribution in [0.3, 0.4) is 0 Å². The molecule has 2 aromatic heterocycles. The molecule has 0 spiro atoms. The number of piperidine rings is 1. The Bertz CT molecular complexity index is 923. The largest absolute Gasteiger partial charge is 0.420 e. The van der Waals surface area contributed by atoms with Crippen molar-refractivity contribution in [3.05, 3.63) is 46.4 Å². The lowest BCUT2D eigenvalue weighted by atomic mass is 10.1. The molecule has 3 aromatic rings. The number of anilines is 1. The lowest BCUT2D eigenvalue weighted by Gasteiger charge is -2.32. The predicted molar refractivity (Wildman–Crippen MR) is 96.0 cm³/mol. The summed E-state index contributed by atoms with van der Waals surface area (Å²) in [6.45, 7) is 1.71. The van der Waals surface area contributed by atoms with Crippen LogP contribution in [-0.2, 0) is 11.3 Å². The zero-order valence-electron chi connectivity index (χ0n) is 13.6. The summed E-state index contributed by atoms with van der Waals surface area (Å²) in [7, 11) is 0. The van der Waals surface area contributed by atoms with Crippen LogP contribution in [0, 0.1) is 0 Å². The molecule has 0 bridgehead atoms. The molecular weight excluding hydrogens is 340 g/mol. The molecule has 1 saturated heterocycles. The molecule has 0 saturated carbocycles. The normalized spacial score (nSPS) is 15.6. The summed E-state index contributed by atoms with van der Waals surface area (Å²) in [5, 5.41) is 6.03. The van der Waals surface area contributed by atoms with Gasteiger partial charge < -0.3 is 14.6 Å². The van der Waals surface area contributed by atoms with Crippen LogP contribution in [0.25, 0.3) is 11.1 Å². The minimum absolute atomic E-state index is 0.0253. The molecule has 25 heavy (non-hydrogen) atoms. The summed E-state index contributed by atoms with van der Waals surface area (Å²) >= 11 is 1.63. The van der Waals surface area contributed by atoms with Gasteiger partial charge in [-0.25, -0.2) is 9.78 Å². The number of benzene rings is 1. The zero-order chi connectivity index (χ0) is 17.2. The molecule has 130 valence electrons. The fourth-order valence-electron chi connectivity index (χ4n) is 3.17. The highest BCUT2D eigenvalue weighted by atomic mass is 32.1. The summed E-state index contributed by atoms with van der Waals surface area (Å²) in [5.41, 5.74) is 1.14. The van der Waals surface area contributed by atoms with E-state index in [-0.39, 0.29) is 18.5 Å². The Morgan fingerprint density at radius 2 is 2.12 bits per heavy atom. The second kappa shape index (κ2) is 6.72. The van der Waals surface area contributed by atoms with E-state index in [2.05, 4.69) is 15.2 Å². The fraction of sp³-hybridized carbons (Fsp3) is 0.353. The predicted octanol–water partition coefficient (Wildman–Crippen LogP) is 1.84. The van der Waals surface area contributed by atoms with E-state index in [1.165, 1.54) is 4.57 Å². The molecule has 1 fully saturated rings. The highest BCUT2D eigenvalue weighted by molar-refractivity contribution is 7.13. The van der Waals surface area contributed by atoms with Gasteiger partial charge in [0.05, 0.1) is 5.52 Å². The second-order valence-corrected chi connectivity index (χ2v) is 6.94. The molecule has 1 aliphatic heterocycles. The summed E-state index contributed by atoms with van der Waals surface area (Å²) in [6.07, 6.45) is 3.54. The van der Waals surface area contributed by atoms with E-state index in [0.29, 0.717) is 11.1 Å². The van der Waals surface area contributed by atoms with Gasteiger partial charge in [-0.2, -0.15) is 0 Å². The van der Waals surface area contributed by atoms with Gasteiger partial charge in [-0.1, -0.05) is 12.1 Å². The molecule has 3 heterocycles. The summed E-state index contributed by atoms with van der Waals surface area (Å²) in [6, 6.07) is 7.24. The Morgan fingerprint density at radius 1 is 1.32 bits per heavy atom. The van der Waals surface area contributed by atoms with Crippen LogP contribution in [0.4, 0.5) is 5.13 Å². The average molecular weight is 358 g/mol. The number of nitrogens with zero attached hydrogens (tertiary/aromatic N) is 3. The van der Waals surface area contributed by atoms with E-state index in [1.54, 1.807) is 35.7 Å². The summed E-state index contributed by atoms with van der Waals surface area (Å²) in [4.78, 5) is 30.9. The Labute approximate surface area is 147 Å². The lowest BCUT2D eigenvalue weighted by Crippen LogP contribution is -2.46. The zero-order valence-corrected chi connectivity index (χ0v) is 14.4. The number of carbonyl (C=O) groups is 1. The highest BCUT2D eigenvalue weighted by Crippen LogP contribution is 2.22. The van der Waals surface area contributed by atoms with E-state index in [0.717, 1.165) is 31.1 Å². The monoisotopic (exact) mass is 358 g/mol. The van der Waals surface area contributed by atoms with Crippen molar-refractivity contribution < 1.29 is 9.21 Å². The van der Waals surface area contributed by atoms with Crippen LogP contribution in [0.2, 0.25) is 0 Å². The van der Waals surface area contributed by atoms with Crippen molar-refractivity contribution in [3.8, 4) is 0 Å². The molecule has 0 aliphatic carbocycles.